The van der Waals surface area contributed by atoms with Crippen LogP contribution in [0.25, 0.3) is 5.76 Å². The van der Waals surface area contributed by atoms with E-state index in [1.165, 1.54) is 43.4 Å². The van der Waals surface area contributed by atoms with E-state index in [0.717, 1.165) is 0 Å². The quantitative estimate of drug-likeness (QED) is 0.177. The number of nitrogens with zero attached hydrogens (tertiary/aromatic N) is 1. The molecule has 1 fully saturated rings. The summed E-state index contributed by atoms with van der Waals surface area (Å²) in [5, 5.41) is 21.5. The van der Waals surface area contributed by atoms with Gasteiger partial charge in [-0.15, -0.1) is 0 Å². The van der Waals surface area contributed by atoms with E-state index in [1.54, 1.807) is 43.3 Å². The van der Waals surface area contributed by atoms with E-state index in [0.29, 0.717) is 16.8 Å². The van der Waals surface area contributed by atoms with Gasteiger partial charge in [0.25, 0.3) is 11.7 Å². The van der Waals surface area contributed by atoms with Crippen molar-refractivity contribution < 1.29 is 38.8 Å². The highest BCUT2D eigenvalue weighted by Crippen LogP contribution is 2.45. The second-order valence-electron chi connectivity index (χ2n) is 8.60. The van der Waals surface area contributed by atoms with Crippen molar-refractivity contribution in [1.82, 2.24) is 0 Å². The third kappa shape index (κ3) is 5.39. The molecule has 10 heteroatoms. The summed E-state index contributed by atoms with van der Waals surface area (Å²) in [7, 11) is 2.78. The summed E-state index contributed by atoms with van der Waals surface area (Å²) in [4.78, 5) is 40.0. The smallest absolute Gasteiger partial charge is 0.310 e. The maximum absolute atomic E-state index is 13.4. The Bertz CT molecular complexity index is 1450. The number of benzene rings is 3. The molecule has 1 unspecified atom stereocenters. The number of methoxy groups -OCH3 is 2. The van der Waals surface area contributed by atoms with Crippen LogP contribution in [-0.4, -0.2) is 48.7 Å². The number of hydrogen-bond acceptors (Lipinski definition) is 8. The fourth-order valence-corrected chi connectivity index (χ4v) is 4.65. The number of rotatable bonds is 8. The molecule has 9 nitrogen and oxygen atoms in total. The number of ether oxygens (including phenoxy) is 3. The molecular formula is C29H26ClNO8. The minimum absolute atomic E-state index is 0.0110. The average molecular weight is 552 g/mol. The SMILES string of the molecule is CCOC(=O)Cc1ccc(N2C(=O)C(=O)/C(=C(/O)c3cc(OC)c(Cl)cc3OC)C2c2ccc(O)cc2)cc1. The molecule has 1 atom stereocenters. The van der Waals surface area contributed by atoms with Gasteiger partial charge in [-0.2, -0.15) is 0 Å². The number of amides is 1. The van der Waals surface area contributed by atoms with Gasteiger partial charge in [-0.1, -0.05) is 35.9 Å². The van der Waals surface area contributed by atoms with E-state index in [9.17, 15) is 24.6 Å². The summed E-state index contributed by atoms with van der Waals surface area (Å²) in [6, 6.07) is 14.3. The summed E-state index contributed by atoms with van der Waals surface area (Å²) in [6.07, 6.45) is 0.0481. The molecule has 39 heavy (non-hydrogen) atoms. The van der Waals surface area contributed by atoms with E-state index in [1.807, 2.05) is 0 Å². The number of aliphatic hydroxyl groups excluding tert-OH is 1. The number of aromatic hydroxyl groups is 1. The Kier molecular flexibility index (Phi) is 8.11. The first kappa shape index (κ1) is 27.5. The van der Waals surface area contributed by atoms with Gasteiger partial charge in [0.15, 0.2) is 0 Å². The van der Waals surface area contributed by atoms with Crippen LogP contribution in [0.3, 0.4) is 0 Å². The van der Waals surface area contributed by atoms with Crippen molar-refractivity contribution in [3.8, 4) is 17.2 Å². The number of aliphatic hydroxyl groups is 1. The van der Waals surface area contributed by atoms with Crippen LogP contribution in [0, 0.1) is 0 Å². The number of ketones is 1. The lowest BCUT2D eigenvalue weighted by atomic mass is 9.94. The van der Waals surface area contributed by atoms with Gasteiger partial charge in [-0.3, -0.25) is 19.3 Å². The van der Waals surface area contributed by atoms with Crippen molar-refractivity contribution in [3.05, 3.63) is 87.9 Å². The minimum Gasteiger partial charge on any atom is -0.508 e. The minimum atomic E-state index is -1.05. The number of halogens is 1. The number of carbonyl (C=O) groups is 3. The maximum Gasteiger partial charge on any atom is 0.310 e. The normalized spacial score (nSPS) is 16.3. The highest BCUT2D eigenvalue weighted by molar-refractivity contribution is 6.51. The van der Waals surface area contributed by atoms with Crippen molar-refractivity contribution in [1.29, 1.82) is 0 Å². The van der Waals surface area contributed by atoms with Crippen LogP contribution in [0.1, 0.15) is 29.7 Å². The zero-order chi connectivity index (χ0) is 28.3. The fraction of sp³-hybridized carbons (Fsp3) is 0.207. The Balaban J connectivity index is 1.87. The Morgan fingerprint density at radius 1 is 0.974 bits per heavy atom. The van der Waals surface area contributed by atoms with Crippen LogP contribution in [-0.2, 0) is 25.5 Å². The predicted octanol–water partition coefficient (Wildman–Crippen LogP) is 4.79. The fourth-order valence-electron chi connectivity index (χ4n) is 4.41. The van der Waals surface area contributed by atoms with Gasteiger partial charge < -0.3 is 24.4 Å². The predicted molar refractivity (Wildman–Crippen MR) is 144 cm³/mol. The largest absolute Gasteiger partial charge is 0.508 e. The van der Waals surface area contributed by atoms with Gasteiger partial charge in [-0.25, -0.2) is 0 Å². The lowest BCUT2D eigenvalue weighted by Gasteiger charge is -2.26. The molecule has 0 bridgehead atoms. The van der Waals surface area contributed by atoms with Crippen LogP contribution in [0.2, 0.25) is 5.02 Å². The van der Waals surface area contributed by atoms with E-state index in [-0.39, 0.29) is 52.4 Å². The van der Waals surface area contributed by atoms with Crippen molar-refractivity contribution in [3.63, 3.8) is 0 Å². The van der Waals surface area contributed by atoms with E-state index < -0.39 is 23.5 Å². The second-order valence-corrected chi connectivity index (χ2v) is 9.00. The second kappa shape index (κ2) is 11.5. The van der Waals surface area contributed by atoms with Crippen molar-refractivity contribution in [2.45, 2.75) is 19.4 Å². The zero-order valence-corrected chi connectivity index (χ0v) is 22.2. The topological polar surface area (TPSA) is 123 Å². The Hall–Kier alpha value is -4.50. The summed E-state index contributed by atoms with van der Waals surface area (Å²) in [5.41, 5.74) is 1.40. The first-order chi connectivity index (χ1) is 18.7. The summed E-state index contributed by atoms with van der Waals surface area (Å²) in [5.74, 6) is -2.28. The number of anilines is 1. The maximum atomic E-state index is 13.4. The molecule has 2 N–H and O–H groups in total. The molecule has 3 aromatic rings. The van der Waals surface area contributed by atoms with Gasteiger partial charge in [-0.05, 0) is 48.4 Å². The molecule has 3 aromatic carbocycles. The van der Waals surface area contributed by atoms with Crippen LogP contribution in [0.15, 0.2) is 66.2 Å². The molecule has 4 rings (SSSR count). The van der Waals surface area contributed by atoms with E-state index in [2.05, 4.69) is 0 Å². The van der Waals surface area contributed by atoms with E-state index >= 15 is 0 Å². The van der Waals surface area contributed by atoms with Crippen molar-refractivity contribution in [2.75, 3.05) is 25.7 Å². The number of esters is 1. The summed E-state index contributed by atoms with van der Waals surface area (Å²) >= 11 is 6.22. The molecule has 0 spiro atoms. The van der Waals surface area contributed by atoms with Crippen LogP contribution in [0.5, 0.6) is 17.2 Å². The molecule has 1 heterocycles. The Morgan fingerprint density at radius 2 is 1.62 bits per heavy atom. The summed E-state index contributed by atoms with van der Waals surface area (Å²) < 4.78 is 15.6. The Morgan fingerprint density at radius 3 is 2.21 bits per heavy atom. The highest BCUT2D eigenvalue weighted by atomic mass is 35.5. The molecule has 1 saturated heterocycles. The molecule has 1 aliphatic rings. The monoisotopic (exact) mass is 551 g/mol. The van der Waals surface area contributed by atoms with Gasteiger partial charge in [0, 0.05) is 11.8 Å². The first-order valence-electron chi connectivity index (χ1n) is 12.0. The van der Waals surface area contributed by atoms with Gasteiger partial charge in [0.05, 0.1) is 49.4 Å². The van der Waals surface area contributed by atoms with E-state index in [4.69, 9.17) is 25.8 Å². The number of carbonyl (C=O) groups excluding carboxylic acids is 3. The lowest BCUT2D eigenvalue weighted by Crippen LogP contribution is -2.29. The molecular weight excluding hydrogens is 526 g/mol. The molecule has 1 aliphatic heterocycles. The standard InChI is InChI=1S/C29H26ClNO8/c1-4-39-24(33)13-16-5-9-18(10-6-16)31-26(17-7-11-19(32)12-8-17)25(28(35)29(31)36)27(34)20-14-23(38-3)21(30)15-22(20)37-2/h5-12,14-15,26,32,34H,4,13H2,1-3H3/b27-25+. The molecule has 1 amide bonds. The van der Waals surface area contributed by atoms with Crippen molar-refractivity contribution in [2.24, 2.45) is 0 Å². The summed E-state index contributed by atoms with van der Waals surface area (Å²) in [6.45, 7) is 1.98. The van der Waals surface area contributed by atoms with Gasteiger partial charge in [0.1, 0.15) is 23.0 Å². The zero-order valence-electron chi connectivity index (χ0n) is 21.4. The number of phenols is 1. The third-order valence-electron chi connectivity index (χ3n) is 6.25. The number of hydrogen-bond donors (Lipinski definition) is 2. The molecule has 0 aromatic heterocycles. The number of Topliss-reactive ketones (excluding diaryl/α,β-unsaturated/α-hetero) is 1. The highest BCUT2D eigenvalue weighted by Gasteiger charge is 2.47. The third-order valence-corrected chi connectivity index (χ3v) is 6.55. The van der Waals surface area contributed by atoms with Crippen LogP contribution >= 0.6 is 11.6 Å². The molecule has 0 aliphatic carbocycles. The number of phenolic OH excluding ortho intramolecular Hbond substituents is 1. The van der Waals surface area contributed by atoms with Crippen molar-refractivity contribution >= 4 is 40.7 Å². The first-order valence-corrected chi connectivity index (χ1v) is 12.3. The molecule has 0 radical (unpaired) electrons. The lowest BCUT2D eigenvalue weighted by molar-refractivity contribution is -0.142. The van der Waals surface area contributed by atoms with Gasteiger partial charge in [0.2, 0.25) is 0 Å². The molecule has 0 saturated carbocycles. The van der Waals surface area contributed by atoms with Crippen LogP contribution < -0.4 is 14.4 Å². The molecule has 202 valence electrons. The van der Waals surface area contributed by atoms with Crippen LogP contribution in [0.4, 0.5) is 5.69 Å². The Labute approximate surface area is 229 Å². The van der Waals surface area contributed by atoms with Gasteiger partial charge >= 0.3 is 5.97 Å². The average Bonchev–Trinajstić information content (AvgIpc) is 3.19.